The summed E-state index contributed by atoms with van der Waals surface area (Å²) in [7, 11) is 4.10. The van der Waals surface area contributed by atoms with E-state index in [0.29, 0.717) is 24.7 Å². The summed E-state index contributed by atoms with van der Waals surface area (Å²) in [5.74, 6) is 0.905. The van der Waals surface area contributed by atoms with Crippen LogP contribution in [0.5, 0.6) is 5.75 Å². The smallest absolute Gasteiger partial charge is 0.223 e. The minimum atomic E-state index is -0.00177. The van der Waals surface area contributed by atoms with E-state index in [1.54, 1.807) is 17.5 Å². The van der Waals surface area contributed by atoms with Gasteiger partial charge in [0.2, 0.25) is 5.91 Å². The van der Waals surface area contributed by atoms with E-state index in [1.165, 1.54) is 10.4 Å². The Morgan fingerprint density at radius 3 is 2.75 bits per heavy atom. The van der Waals surface area contributed by atoms with Crippen LogP contribution in [0.25, 0.3) is 0 Å². The number of rotatable bonds is 14. The van der Waals surface area contributed by atoms with Crippen molar-refractivity contribution in [1.29, 1.82) is 0 Å². The fourth-order valence-corrected chi connectivity index (χ4v) is 3.99. The Kier molecular flexibility index (Phi) is 12.4. The lowest BCUT2D eigenvalue weighted by Gasteiger charge is -2.10. The van der Waals surface area contributed by atoms with E-state index in [4.69, 9.17) is 17.0 Å². The zero-order valence-electron chi connectivity index (χ0n) is 18.9. The number of carbonyl (C=O) groups is 1. The average molecular weight is 475 g/mol. The maximum Gasteiger partial charge on any atom is 0.223 e. The van der Waals surface area contributed by atoms with Gasteiger partial charge in [0.1, 0.15) is 5.75 Å². The predicted octanol–water partition coefficient (Wildman–Crippen LogP) is 3.70. The lowest BCUT2D eigenvalue weighted by atomic mass is 10.1. The molecule has 1 aromatic carbocycles. The van der Waals surface area contributed by atoms with Crippen molar-refractivity contribution in [2.75, 3.05) is 33.8 Å². The molecule has 2 aromatic rings. The zero-order valence-corrected chi connectivity index (χ0v) is 20.6. The molecule has 0 aliphatic rings. The number of nitrogens with one attached hydrogen (secondary N) is 3. The molecule has 1 aromatic heterocycles. The first-order valence-electron chi connectivity index (χ1n) is 10.9. The zero-order chi connectivity index (χ0) is 23.0. The Hall–Kier alpha value is -2.42. The van der Waals surface area contributed by atoms with Crippen LogP contribution in [0.2, 0.25) is 0 Å². The summed E-state index contributed by atoms with van der Waals surface area (Å²) < 4.78 is 5.73. The van der Waals surface area contributed by atoms with Crippen molar-refractivity contribution < 1.29 is 9.53 Å². The van der Waals surface area contributed by atoms with Crippen LogP contribution in [0.15, 0.2) is 54.1 Å². The van der Waals surface area contributed by atoms with Gasteiger partial charge in [-0.05, 0) is 57.0 Å². The van der Waals surface area contributed by atoms with Crippen molar-refractivity contribution in [3.8, 4) is 5.75 Å². The lowest BCUT2D eigenvalue weighted by molar-refractivity contribution is -0.120. The molecule has 1 amide bonds. The SMILES string of the molecule is CN(C)Cc1cc(OCC/C=C\NC(=O)CCCNC(=S)NCCc2ccccc2)cs1. The molecule has 0 radical (unpaired) electrons. The molecule has 0 spiro atoms. The van der Waals surface area contributed by atoms with Gasteiger partial charge in [0.25, 0.3) is 0 Å². The third-order valence-electron chi connectivity index (χ3n) is 4.43. The molecule has 174 valence electrons. The van der Waals surface area contributed by atoms with Gasteiger partial charge in [0.15, 0.2) is 5.11 Å². The van der Waals surface area contributed by atoms with E-state index in [-0.39, 0.29) is 5.91 Å². The maximum atomic E-state index is 11.9. The van der Waals surface area contributed by atoms with Crippen molar-refractivity contribution in [2.45, 2.75) is 32.2 Å². The summed E-state index contributed by atoms with van der Waals surface area (Å²) >= 11 is 6.97. The Labute approximate surface area is 201 Å². The number of hydrogen-bond donors (Lipinski definition) is 3. The molecule has 0 unspecified atom stereocenters. The summed E-state index contributed by atoms with van der Waals surface area (Å²) in [4.78, 5) is 15.3. The molecule has 6 nitrogen and oxygen atoms in total. The average Bonchev–Trinajstić information content (AvgIpc) is 3.21. The van der Waals surface area contributed by atoms with Crippen LogP contribution < -0.4 is 20.7 Å². The van der Waals surface area contributed by atoms with Crippen LogP contribution in [0, 0.1) is 0 Å². The fraction of sp³-hybridized carbons (Fsp3) is 0.417. The third-order valence-corrected chi connectivity index (χ3v) is 5.61. The number of ether oxygens (including phenoxy) is 1. The van der Waals surface area contributed by atoms with Gasteiger partial charge in [-0.25, -0.2) is 0 Å². The van der Waals surface area contributed by atoms with Gasteiger partial charge < -0.3 is 25.6 Å². The number of carbonyl (C=O) groups excluding carboxylic acids is 1. The molecule has 32 heavy (non-hydrogen) atoms. The Morgan fingerprint density at radius 2 is 1.97 bits per heavy atom. The molecule has 0 atom stereocenters. The Morgan fingerprint density at radius 1 is 1.19 bits per heavy atom. The van der Waals surface area contributed by atoms with Crippen LogP contribution in [-0.4, -0.2) is 49.7 Å². The van der Waals surface area contributed by atoms with Crippen molar-refractivity contribution in [2.24, 2.45) is 0 Å². The molecule has 1 heterocycles. The predicted molar refractivity (Wildman–Crippen MR) is 137 cm³/mol. The second kappa shape index (κ2) is 15.4. The highest BCUT2D eigenvalue weighted by molar-refractivity contribution is 7.80. The highest BCUT2D eigenvalue weighted by atomic mass is 32.1. The van der Waals surface area contributed by atoms with Crippen LogP contribution in [0.1, 0.15) is 29.7 Å². The molecular formula is C24H34N4O2S2. The molecule has 0 aliphatic carbocycles. The monoisotopic (exact) mass is 474 g/mol. The molecule has 0 saturated heterocycles. The topological polar surface area (TPSA) is 65.6 Å². The fourth-order valence-electron chi connectivity index (χ4n) is 2.86. The summed E-state index contributed by atoms with van der Waals surface area (Å²) in [5.41, 5.74) is 1.28. The second-order valence-corrected chi connectivity index (χ2v) is 9.02. The molecule has 0 aliphatic heterocycles. The summed E-state index contributed by atoms with van der Waals surface area (Å²) in [6.07, 6.45) is 6.44. The van der Waals surface area contributed by atoms with Crippen LogP contribution >= 0.6 is 23.6 Å². The standard InChI is InChI=1S/C24H34N4O2S2/c1-28(2)18-22-17-21(19-32-22)30-16-7-6-13-25-23(29)11-8-14-26-24(31)27-15-12-20-9-4-3-5-10-20/h3-6,9-10,13,17,19H,7-8,11-12,14-16,18H2,1-2H3,(H,25,29)(H2,26,27,31)/b13-6-. The molecule has 0 saturated carbocycles. The number of benzene rings is 1. The van der Waals surface area contributed by atoms with E-state index in [2.05, 4.69) is 53.1 Å². The van der Waals surface area contributed by atoms with E-state index < -0.39 is 0 Å². The minimum Gasteiger partial charge on any atom is -0.492 e. The molecular weight excluding hydrogens is 440 g/mol. The molecule has 8 heteroatoms. The van der Waals surface area contributed by atoms with Gasteiger partial charge in [0.05, 0.1) is 6.61 Å². The molecule has 2 rings (SSSR count). The second-order valence-electron chi connectivity index (χ2n) is 7.62. The number of thiocarbonyl (C=S) groups is 1. The summed E-state index contributed by atoms with van der Waals surface area (Å²) in [5, 5.41) is 11.8. The summed E-state index contributed by atoms with van der Waals surface area (Å²) in [6.45, 7) is 2.96. The number of thiophene rings is 1. The lowest BCUT2D eigenvalue weighted by Crippen LogP contribution is -2.37. The van der Waals surface area contributed by atoms with Crippen LogP contribution in [0.3, 0.4) is 0 Å². The van der Waals surface area contributed by atoms with Crippen molar-refractivity contribution in [1.82, 2.24) is 20.9 Å². The number of nitrogens with zero attached hydrogens (tertiary/aromatic N) is 1. The largest absolute Gasteiger partial charge is 0.492 e. The molecule has 0 bridgehead atoms. The van der Waals surface area contributed by atoms with Crippen LogP contribution in [0.4, 0.5) is 0 Å². The molecule has 3 N–H and O–H groups in total. The quantitative estimate of drug-likeness (QED) is 0.287. The van der Waals surface area contributed by atoms with Crippen molar-refractivity contribution in [3.05, 3.63) is 64.5 Å². The summed E-state index contributed by atoms with van der Waals surface area (Å²) in [6, 6.07) is 12.4. The van der Waals surface area contributed by atoms with Crippen molar-refractivity contribution in [3.63, 3.8) is 0 Å². The van der Waals surface area contributed by atoms with E-state index in [1.807, 2.05) is 29.7 Å². The van der Waals surface area contributed by atoms with Gasteiger partial charge in [-0.3, -0.25) is 4.79 Å². The Bertz CT molecular complexity index is 838. The van der Waals surface area contributed by atoms with Gasteiger partial charge in [-0.15, -0.1) is 11.3 Å². The first-order chi connectivity index (χ1) is 15.5. The Balaban J connectivity index is 1.44. The first kappa shape index (κ1) is 25.8. The first-order valence-corrected chi connectivity index (χ1v) is 12.2. The highest BCUT2D eigenvalue weighted by Crippen LogP contribution is 2.22. The van der Waals surface area contributed by atoms with Gasteiger partial charge in [-0.1, -0.05) is 36.4 Å². The van der Waals surface area contributed by atoms with E-state index in [9.17, 15) is 4.79 Å². The highest BCUT2D eigenvalue weighted by Gasteiger charge is 2.02. The number of hydrogen-bond acceptors (Lipinski definition) is 5. The molecule has 0 fully saturated rings. The number of amides is 1. The van der Waals surface area contributed by atoms with Gasteiger partial charge >= 0.3 is 0 Å². The van der Waals surface area contributed by atoms with E-state index in [0.717, 1.165) is 38.1 Å². The normalized spacial score (nSPS) is 11.0. The van der Waals surface area contributed by atoms with Crippen LogP contribution in [-0.2, 0) is 17.8 Å². The van der Waals surface area contributed by atoms with Gasteiger partial charge in [0, 0.05) is 42.7 Å². The third kappa shape index (κ3) is 11.8. The van der Waals surface area contributed by atoms with Crippen molar-refractivity contribution >= 4 is 34.6 Å². The maximum absolute atomic E-state index is 11.9. The van der Waals surface area contributed by atoms with Gasteiger partial charge in [-0.2, -0.15) is 0 Å². The van der Waals surface area contributed by atoms with E-state index >= 15 is 0 Å². The minimum absolute atomic E-state index is 0.00177.